The Morgan fingerprint density at radius 3 is 2.25 bits per heavy atom. The van der Waals surface area contributed by atoms with Crippen molar-refractivity contribution in [1.82, 2.24) is 0 Å². The summed E-state index contributed by atoms with van der Waals surface area (Å²) in [5.41, 5.74) is 0.127. The second kappa shape index (κ2) is 4.54. The average molecular weight is 242 g/mol. The van der Waals surface area contributed by atoms with Gasteiger partial charge in [0.2, 0.25) is 0 Å². The summed E-state index contributed by atoms with van der Waals surface area (Å²) < 4.78 is 66.8. The van der Waals surface area contributed by atoms with Crippen molar-refractivity contribution in [3.8, 4) is 11.5 Å². The van der Waals surface area contributed by atoms with E-state index in [2.05, 4.69) is 9.47 Å². The van der Waals surface area contributed by atoms with Crippen LogP contribution in [0.2, 0.25) is 0 Å². The molecule has 2 nitrogen and oxygen atoms in total. The van der Waals surface area contributed by atoms with Crippen LogP contribution in [0.15, 0.2) is 18.2 Å². The second-order valence-corrected chi connectivity index (χ2v) is 2.85. The standard InChI is InChI=1S/C9H7F5O2/c1-5-4-6(16-9(12,13)14)2-3-7(5)15-8(10)11/h2-4,8H,1H3. The lowest BCUT2D eigenvalue weighted by Crippen LogP contribution is -2.17. The van der Waals surface area contributed by atoms with Gasteiger partial charge in [-0.25, -0.2) is 0 Å². The van der Waals surface area contributed by atoms with Crippen LogP contribution in [0.3, 0.4) is 0 Å². The van der Waals surface area contributed by atoms with E-state index >= 15 is 0 Å². The lowest BCUT2D eigenvalue weighted by molar-refractivity contribution is -0.274. The zero-order valence-electron chi connectivity index (χ0n) is 8.02. The summed E-state index contributed by atoms with van der Waals surface area (Å²) in [6.07, 6.45) is -4.81. The minimum absolute atomic E-state index is 0.127. The van der Waals surface area contributed by atoms with Gasteiger partial charge in [0, 0.05) is 0 Å². The maximum Gasteiger partial charge on any atom is 0.573 e. The first kappa shape index (κ1) is 12.5. The van der Waals surface area contributed by atoms with Crippen LogP contribution in [0.4, 0.5) is 22.0 Å². The average Bonchev–Trinajstić information content (AvgIpc) is 2.06. The molecule has 1 aromatic carbocycles. The Kier molecular flexibility index (Phi) is 3.56. The molecule has 0 aliphatic carbocycles. The zero-order valence-corrected chi connectivity index (χ0v) is 8.02. The SMILES string of the molecule is Cc1cc(OC(F)(F)F)ccc1OC(F)F. The molecular formula is C9H7F5O2. The third-order valence-corrected chi connectivity index (χ3v) is 1.60. The van der Waals surface area contributed by atoms with E-state index in [0.29, 0.717) is 0 Å². The van der Waals surface area contributed by atoms with Gasteiger partial charge in [-0.2, -0.15) is 8.78 Å². The fraction of sp³-hybridized carbons (Fsp3) is 0.333. The van der Waals surface area contributed by atoms with Crippen LogP contribution in [0.5, 0.6) is 11.5 Å². The molecular weight excluding hydrogens is 235 g/mol. The van der Waals surface area contributed by atoms with Crippen molar-refractivity contribution in [3.63, 3.8) is 0 Å². The van der Waals surface area contributed by atoms with Crippen molar-refractivity contribution in [2.24, 2.45) is 0 Å². The van der Waals surface area contributed by atoms with Crippen LogP contribution in [-0.2, 0) is 0 Å². The second-order valence-electron chi connectivity index (χ2n) is 2.85. The van der Waals surface area contributed by atoms with Gasteiger partial charge in [-0.05, 0) is 30.7 Å². The molecule has 1 aromatic rings. The summed E-state index contributed by atoms with van der Waals surface area (Å²) in [6.45, 7) is -1.69. The number of hydrogen-bond donors (Lipinski definition) is 0. The van der Waals surface area contributed by atoms with Crippen LogP contribution in [0, 0.1) is 6.92 Å². The van der Waals surface area contributed by atoms with E-state index < -0.39 is 18.7 Å². The van der Waals surface area contributed by atoms with Crippen molar-refractivity contribution in [2.45, 2.75) is 19.9 Å². The van der Waals surface area contributed by atoms with Crippen molar-refractivity contribution < 1.29 is 31.4 Å². The van der Waals surface area contributed by atoms with Gasteiger partial charge < -0.3 is 9.47 Å². The molecule has 16 heavy (non-hydrogen) atoms. The highest BCUT2D eigenvalue weighted by molar-refractivity contribution is 5.39. The van der Waals surface area contributed by atoms with E-state index in [-0.39, 0.29) is 11.3 Å². The van der Waals surface area contributed by atoms with E-state index in [0.717, 1.165) is 18.2 Å². The number of alkyl halides is 5. The predicted molar refractivity (Wildman–Crippen MR) is 44.5 cm³/mol. The summed E-state index contributed by atoms with van der Waals surface area (Å²) in [7, 11) is 0. The van der Waals surface area contributed by atoms with Gasteiger partial charge in [-0.15, -0.1) is 13.2 Å². The number of rotatable bonds is 3. The highest BCUT2D eigenvalue weighted by Crippen LogP contribution is 2.28. The third-order valence-electron chi connectivity index (χ3n) is 1.60. The molecule has 90 valence electrons. The normalized spacial score (nSPS) is 11.7. The van der Waals surface area contributed by atoms with Gasteiger partial charge in [0.1, 0.15) is 11.5 Å². The molecule has 0 atom stereocenters. The number of benzene rings is 1. The van der Waals surface area contributed by atoms with Crippen LogP contribution in [0.1, 0.15) is 5.56 Å². The number of ether oxygens (including phenoxy) is 2. The molecule has 0 N–H and O–H groups in total. The molecule has 0 radical (unpaired) electrons. The Balaban J connectivity index is 2.83. The van der Waals surface area contributed by atoms with E-state index in [9.17, 15) is 22.0 Å². The maximum atomic E-state index is 11.8. The molecule has 0 heterocycles. The quantitative estimate of drug-likeness (QED) is 0.755. The van der Waals surface area contributed by atoms with Gasteiger partial charge in [0.25, 0.3) is 0 Å². The van der Waals surface area contributed by atoms with Crippen molar-refractivity contribution in [3.05, 3.63) is 23.8 Å². The number of halogens is 5. The summed E-state index contributed by atoms with van der Waals surface area (Å²) >= 11 is 0. The first-order valence-electron chi connectivity index (χ1n) is 4.09. The molecule has 0 bridgehead atoms. The van der Waals surface area contributed by atoms with E-state index in [1.54, 1.807) is 0 Å². The molecule has 0 spiro atoms. The van der Waals surface area contributed by atoms with Crippen LogP contribution >= 0.6 is 0 Å². The monoisotopic (exact) mass is 242 g/mol. The molecule has 0 aliphatic rings. The fourth-order valence-electron chi connectivity index (χ4n) is 1.05. The molecule has 0 saturated heterocycles. The van der Waals surface area contributed by atoms with Crippen LogP contribution in [0.25, 0.3) is 0 Å². The number of hydrogen-bond acceptors (Lipinski definition) is 2. The Morgan fingerprint density at radius 1 is 1.19 bits per heavy atom. The lowest BCUT2D eigenvalue weighted by atomic mass is 10.2. The topological polar surface area (TPSA) is 18.5 Å². The minimum Gasteiger partial charge on any atom is -0.435 e. The lowest BCUT2D eigenvalue weighted by Gasteiger charge is -2.12. The van der Waals surface area contributed by atoms with Crippen molar-refractivity contribution in [1.29, 1.82) is 0 Å². The van der Waals surface area contributed by atoms with Crippen LogP contribution in [-0.4, -0.2) is 13.0 Å². The van der Waals surface area contributed by atoms with E-state index in [1.807, 2.05) is 0 Å². The maximum absolute atomic E-state index is 11.8. The zero-order chi connectivity index (χ0) is 12.3. The summed E-state index contributed by atoms with van der Waals surface area (Å²) in [4.78, 5) is 0. The van der Waals surface area contributed by atoms with Crippen molar-refractivity contribution >= 4 is 0 Å². The largest absolute Gasteiger partial charge is 0.573 e. The summed E-state index contributed by atoms with van der Waals surface area (Å²) in [5, 5.41) is 0. The summed E-state index contributed by atoms with van der Waals surface area (Å²) in [6, 6.07) is 2.85. The highest BCUT2D eigenvalue weighted by atomic mass is 19.4. The molecule has 7 heteroatoms. The van der Waals surface area contributed by atoms with Gasteiger partial charge >= 0.3 is 13.0 Å². The summed E-state index contributed by atoms with van der Waals surface area (Å²) in [5.74, 6) is -0.670. The highest BCUT2D eigenvalue weighted by Gasteiger charge is 2.31. The van der Waals surface area contributed by atoms with Crippen molar-refractivity contribution in [2.75, 3.05) is 0 Å². The molecule has 0 fully saturated rings. The molecule has 0 saturated carbocycles. The Labute approximate surface area is 87.6 Å². The van der Waals surface area contributed by atoms with Crippen LogP contribution < -0.4 is 9.47 Å². The van der Waals surface area contributed by atoms with E-state index in [4.69, 9.17) is 0 Å². The minimum atomic E-state index is -4.81. The first-order chi connectivity index (χ1) is 7.28. The Morgan fingerprint density at radius 2 is 1.81 bits per heavy atom. The predicted octanol–water partition coefficient (Wildman–Crippen LogP) is 3.50. The molecule has 0 aliphatic heterocycles. The third kappa shape index (κ3) is 3.92. The molecule has 0 aromatic heterocycles. The Hall–Kier alpha value is -1.53. The van der Waals surface area contributed by atoms with Gasteiger partial charge in [0.05, 0.1) is 0 Å². The molecule has 0 unspecified atom stereocenters. The van der Waals surface area contributed by atoms with Gasteiger partial charge in [-0.1, -0.05) is 0 Å². The fourth-order valence-corrected chi connectivity index (χ4v) is 1.05. The first-order valence-corrected chi connectivity index (χ1v) is 4.09. The van der Waals surface area contributed by atoms with Gasteiger partial charge in [-0.3, -0.25) is 0 Å². The van der Waals surface area contributed by atoms with E-state index in [1.165, 1.54) is 6.92 Å². The number of aryl methyl sites for hydroxylation is 1. The molecule has 0 amide bonds. The Bertz CT molecular complexity index is 361. The molecule has 1 rings (SSSR count). The smallest absolute Gasteiger partial charge is 0.435 e. The van der Waals surface area contributed by atoms with Gasteiger partial charge in [0.15, 0.2) is 0 Å².